The molecule has 2 nitrogen and oxygen atoms in total. The van der Waals surface area contributed by atoms with E-state index < -0.39 is 0 Å². The molecule has 0 unspecified atom stereocenters. The molecule has 0 heterocycles. The molecule has 0 spiro atoms. The highest BCUT2D eigenvalue weighted by atomic mass is 79.9. The third kappa shape index (κ3) is 4.22. The predicted octanol–water partition coefficient (Wildman–Crippen LogP) is 4.91. The molecule has 0 saturated heterocycles. The number of halogens is 1. The summed E-state index contributed by atoms with van der Waals surface area (Å²) >= 11 is 3.63. The van der Waals surface area contributed by atoms with Crippen molar-refractivity contribution >= 4 is 21.8 Å². The van der Waals surface area contributed by atoms with Crippen molar-refractivity contribution in [3.63, 3.8) is 0 Å². The van der Waals surface area contributed by atoms with E-state index in [2.05, 4.69) is 48.9 Å². The van der Waals surface area contributed by atoms with Crippen LogP contribution in [-0.4, -0.2) is 17.8 Å². The van der Waals surface area contributed by atoms with Crippen LogP contribution in [0.15, 0.2) is 0 Å². The average molecular weight is 346 g/mol. The number of hydrogen-bond donors (Lipinski definition) is 1. The van der Waals surface area contributed by atoms with Crippen molar-refractivity contribution in [2.24, 2.45) is 16.7 Å². The van der Waals surface area contributed by atoms with Crippen LogP contribution in [0.3, 0.4) is 0 Å². The van der Waals surface area contributed by atoms with Crippen molar-refractivity contribution in [2.45, 2.75) is 72.6 Å². The zero-order chi connectivity index (χ0) is 15.2. The van der Waals surface area contributed by atoms with Crippen LogP contribution in [0.1, 0.15) is 72.6 Å². The Morgan fingerprint density at radius 2 is 1.80 bits per heavy atom. The number of carbonyl (C=O) groups excluding carboxylic acids is 1. The summed E-state index contributed by atoms with van der Waals surface area (Å²) in [5, 5.41) is 4.26. The fourth-order valence-corrected chi connectivity index (χ4v) is 4.54. The van der Waals surface area contributed by atoms with Crippen LogP contribution in [0.5, 0.6) is 0 Å². The van der Waals surface area contributed by atoms with Gasteiger partial charge in [0.1, 0.15) is 0 Å². The SMILES string of the molecule is CCC(CC)(CBr)CNC(=O)C1(CC(C)C)CCCC1. The van der Waals surface area contributed by atoms with Crippen LogP contribution >= 0.6 is 15.9 Å². The molecular formula is C17H32BrNO. The van der Waals surface area contributed by atoms with Crippen molar-refractivity contribution in [3.05, 3.63) is 0 Å². The molecule has 1 N–H and O–H groups in total. The van der Waals surface area contributed by atoms with Gasteiger partial charge >= 0.3 is 0 Å². The van der Waals surface area contributed by atoms with Gasteiger partial charge in [-0.3, -0.25) is 4.79 Å². The molecule has 1 aliphatic carbocycles. The third-order valence-corrected chi connectivity index (χ3v) is 6.44. The topological polar surface area (TPSA) is 29.1 Å². The lowest BCUT2D eigenvalue weighted by molar-refractivity contribution is -0.132. The fraction of sp³-hybridized carbons (Fsp3) is 0.941. The molecule has 0 atom stereocenters. The molecule has 1 rings (SSSR count). The van der Waals surface area contributed by atoms with Crippen molar-refractivity contribution in [1.29, 1.82) is 0 Å². The number of amides is 1. The number of nitrogens with one attached hydrogen (secondary N) is 1. The molecule has 20 heavy (non-hydrogen) atoms. The van der Waals surface area contributed by atoms with Crippen molar-refractivity contribution in [2.75, 3.05) is 11.9 Å². The number of carbonyl (C=O) groups is 1. The number of alkyl halides is 1. The zero-order valence-corrected chi connectivity index (χ0v) is 15.3. The number of rotatable bonds is 8. The van der Waals surface area contributed by atoms with Gasteiger partial charge in [-0.15, -0.1) is 0 Å². The van der Waals surface area contributed by atoms with E-state index in [1.807, 2.05) is 0 Å². The molecule has 3 heteroatoms. The lowest BCUT2D eigenvalue weighted by atomic mass is 9.77. The van der Waals surface area contributed by atoms with Gasteiger partial charge in [-0.2, -0.15) is 0 Å². The van der Waals surface area contributed by atoms with E-state index in [0.717, 1.165) is 44.0 Å². The largest absolute Gasteiger partial charge is 0.355 e. The second kappa shape index (κ2) is 7.82. The Kier molecular flexibility index (Phi) is 7.03. The summed E-state index contributed by atoms with van der Waals surface area (Å²) in [5.41, 5.74) is 0.140. The van der Waals surface area contributed by atoms with Gasteiger partial charge in [0.15, 0.2) is 0 Å². The Labute approximate surface area is 133 Å². The molecule has 0 aliphatic heterocycles. The van der Waals surface area contributed by atoms with Gasteiger partial charge in [-0.1, -0.05) is 56.5 Å². The van der Waals surface area contributed by atoms with E-state index in [1.54, 1.807) is 0 Å². The molecule has 1 saturated carbocycles. The van der Waals surface area contributed by atoms with Gasteiger partial charge in [0, 0.05) is 17.3 Å². The zero-order valence-electron chi connectivity index (χ0n) is 13.7. The summed E-state index contributed by atoms with van der Waals surface area (Å²) in [7, 11) is 0. The van der Waals surface area contributed by atoms with Crippen LogP contribution in [0.2, 0.25) is 0 Å². The van der Waals surface area contributed by atoms with Crippen molar-refractivity contribution < 1.29 is 4.79 Å². The summed E-state index contributed by atoms with van der Waals surface area (Å²) in [5.74, 6) is 0.910. The molecule has 0 aromatic carbocycles. The van der Waals surface area contributed by atoms with Gasteiger partial charge < -0.3 is 5.32 Å². The molecular weight excluding hydrogens is 314 g/mol. The third-order valence-electron chi connectivity index (χ3n) is 5.25. The highest BCUT2D eigenvalue weighted by Crippen LogP contribution is 2.43. The quantitative estimate of drug-likeness (QED) is 0.622. The van der Waals surface area contributed by atoms with Crippen LogP contribution in [0, 0.1) is 16.7 Å². The summed E-state index contributed by atoms with van der Waals surface area (Å²) < 4.78 is 0. The average Bonchev–Trinajstić information content (AvgIpc) is 2.89. The van der Waals surface area contributed by atoms with Gasteiger partial charge in [-0.05, 0) is 43.4 Å². The lowest BCUT2D eigenvalue weighted by Gasteiger charge is -2.34. The maximum Gasteiger partial charge on any atom is 0.226 e. The standard InChI is InChI=1S/C17H32BrNO/c1-5-16(6-2,12-18)13-19-15(20)17(11-14(3)4)9-7-8-10-17/h14H,5-13H2,1-4H3,(H,19,20). The van der Waals surface area contributed by atoms with E-state index in [0.29, 0.717) is 11.8 Å². The molecule has 1 amide bonds. The van der Waals surface area contributed by atoms with Crippen LogP contribution in [-0.2, 0) is 4.79 Å². The summed E-state index contributed by atoms with van der Waals surface area (Å²) in [4.78, 5) is 12.8. The summed E-state index contributed by atoms with van der Waals surface area (Å²) in [6.07, 6.45) is 7.83. The van der Waals surface area contributed by atoms with Gasteiger partial charge in [0.25, 0.3) is 0 Å². The van der Waals surface area contributed by atoms with E-state index in [1.165, 1.54) is 12.8 Å². The van der Waals surface area contributed by atoms with Gasteiger partial charge in [0.2, 0.25) is 5.91 Å². The first-order valence-corrected chi connectivity index (χ1v) is 9.40. The highest BCUT2D eigenvalue weighted by molar-refractivity contribution is 9.09. The maximum absolute atomic E-state index is 12.8. The van der Waals surface area contributed by atoms with E-state index in [-0.39, 0.29) is 10.8 Å². The molecule has 0 aromatic rings. The van der Waals surface area contributed by atoms with Crippen LogP contribution in [0.4, 0.5) is 0 Å². The highest BCUT2D eigenvalue weighted by Gasteiger charge is 2.41. The lowest BCUT2D eigenvalue weighted by Crippen LogP contribution is -2.45. The van der Waals surface area contributed by atoms with Crippen LogP contribution < -0.4 is 5.32 Å². The molecule has 1 aliphatic rings. The molecule has 0 aromatic heterocycles. The van der Waals surface area contributed by atoms with Gasteiger partial charge in [-0.25, -0.2) is 0 Å². The summed E-state index contributed by atoms with van der Waals surface area (Å²) in [6.45, 7) is 9.71. The Morgan fingerprint density at radius 1 is 1.25 bits per heavy atom. The molecule has 1 fully saturated rings. The monoisotopic (exact) mass is 345 g/mol. The molecule has 118 valence electrons. The first kappa shape index (κ1) is 18.0. The first-order chi connectivity index (χ1) is 9.43. The Balaban J connectivity index is 2.68. The van der Waals surface area contributed by atoms with Crippen LogP contribution in [0.25, 0.3) is 0 Å². The minimum absolute atomic E-state index is 0.0757. The second-order valence-electron chi connectivity index (χ2n) is 7.11. The van der Waals surface area contributed by atoms with Crippen molar-refractivity contribution in [1.82, 2.24) is 5.32 Å². The molecule has 0 radical (unpaired) electrons. The second-order valence-corrected chi connectivity index (χ2v) is 7.67. The number of hydrogen-bond acceptors (Lipinski definition) is 1. The predicted molar refractivity (Wildman–Crippen MR) is 90.2 cm³/mol. The van der Waals surface area contributed by atoms with E-state index >= 15 is 0 Å². The first-order valence-electron chi connectivity index (χ1n) is 8.28. The fourth-order valence-electron chi connectivity index (χ4n) is 3.55. The normalized spacial score (nSPS) is 18.5. The van der Waals surface area contributed by atoms with Crippen molar-refractivity contribution in [3.8, 4) is 0 Å². The minimum atomic E-state index is -0.0757. The molecule has 0 bridgehead atoms. The van der Waals surface area contributed by atoms with E-state index in [4.69, 9.17) is 0 Å². The van der Waals surface area contributed by atoms with E-state index in [9.17, 15) is 4.79 Å². The smallest absolute Gasteiger partial charge is 0.226 e. The maximum atomic E-state index is 12.8. The minimum Gasteiger partial charge on any atom is -0.355 e. The Morgan fingerprint density at radius 3 is 2.20 bits per heavy atom. The summed E-state index contributed by atoms with van der Waals surface area (Å²) in [6, 6.07) is 0. The van der Waals surface area contributed by atoms with Gasteiger partial charge in [0.05, 0.1) is 0 Å². The Bertz CT molecular complexity index is 296. The Hall–Kier alpha value is -0.0500.